The summed E-state index contributed by atoms with van der Waals surface area (Å²) in [5.74, 6) is 0.130. The summed E-state index contributed by atoms with van der Waals surface area (Å²) in [5.41, 5.74) is 1.03. The monoisotopic (exact) mass is 480 g/mol. The Bertz CT molecular complexity index is 798. The van der Waals surface area contributed by atoms with Gasteiger partial charge >= 0.3 is 16.3 Å². The molecule has 0 heterocycles. The summed E-state index contributed by atoms with van der Waals surface area (Å²) < 4.78 is 31.6. The zero-order valence-corrected chi connectivity index (χ0v) is 20.8. The highest BCUT2D eigenvalue weighted by atomic mass is 32.2. The average molecular weight is 481 g/mol. The van der Waals surface area contributed by atoms with Crippen LogP contribution >= 0.6 is 0 Å². The molecule has 0 bridgehead atoms. The van der Waals surface area contributed by atoms with Gasteiger partial charge in [0.1, 0.15) is 5.75 Å². The number of hydrogen-bond donors (Lipinski definition) is 1. The van der Waals surface area contributed by atoms with Gasteiger partial charge in [-0.15, -0.1) is 5.06 Å². The number of hydroxylamine groups is 2. The van der Waals surface area contributed by atoms with Crippen LogP contribution in [0.3, 0.4) is 0 Å². The fourth-order valence-corrected chi connectivity index (χ4v) is 5.62. The van der Waals surface area contributed by atoms with E-state index < -0.39 is 10.3 Å². The minimum absolute atomic E-state index is 0.158. The van der Waals surface area contributed by atoms with Crippen molar-refractivity contribution >= 4 is 16.3 Å². The molecule has 0 spiro atoms. The first-order valence-electron chi connectivity index (χ1n) is 12.7. The molecule has 2 aliphatic carbocycles. The average Bonchev–Trinajstić information content (AvgIpc) is 2.82. The molecule has 0 aliphatic heterocycles. The highest BCUT2D eigenvalue weighted by Crippen LogP contribution is 2.30. The molecular weight excluding hydrogens is 440 g/mol. The molecule has 0 unspecified atom stereocenters. The second-order valence-corrected chi connectivity index (χ2v) is 10.8. The highest BCUT2D eigenvalue weighted by Gasteiger charge is 2.31. The van der Waals surface area contributed by atoms with Crippen molar-refractivity contribution in [2.75, 3.05) is 6.54 Å². The van der Waals surface area contributed by atoms with Gasteiger partial charge in [-0.25, -0.2) is 0 Å². The van der Waals surface area contributed by atoms with Gasteiger partial charge in [0.15, 0.2) is 0 Å². The molecule has 33 heavy (non-hydrogen) atoms. The van der Waals surface area contributed by atoms with Gasteiger partial charge in [0, 0.05) is 25.0 Å². The lowest BCUT2D eigenvalue weighted by atomic mass is 9.90. The van der Waals surface area contributed by atoms with E-state index in [1.165, 1.54) is 38.5 Å². The highest BCUT2D eigenvalue weighted by molar-refractivity contribution is 7.85. The number of carbonyl (C=O) groups is 1. The fourth-order valence-electron chi connectivity index (χ4n) is 4.80. The third kappa shape index (κ3) is 9.26. The van der Waals surface area contributed by atoms with Crippen LogP contribution in [-0.4, -0.2) is 38.1 Å². The maximum atomic E-state index is 12.6. The Morgan fingerprint density at radius 2 is 1.48 bits per heavy atom. The smallest absolute Gasteiger partial charge is 0.371 e. The predicted octanol–water partition coefficient (Wildman–Crippen LogP) is 5.19. The Hall–Kier alpha value is -1.64. The number of aryl methyl sites for hydroxylation is 1. The molecule has 2 fully saturated rings. The van der Waals surface area contributed by atoms with Crippen LogP contribution < -0.4 is 8.91 Å². The SMILES string of the molecule is Cc1ccc(OS(=O)(=O)NCCCCCC(=O)ON(C2CCCCC2)C2CCCCC2)cc1. The largest absolute Gasteiger partial charge is 0.382 e. The zero-order chi connectivity index (χ0) is 23.5. The maximum absolute atomic E-state index is 12.6. The molecule has 2 saturated carbocycles. The van der Waals surface area contributed by atoms with E-state index in [0.717, 1.165) is 37.7 Å². The van der Waals surface area contributed by atoms with Crippen LogP contribution in [0.1, 0.15) is 95.5 Å². The van der Waals surface area contributed by atoms with Crippen molar-refractivity contribution in [3.63, 3.8) is 0 Å². The van der Waals surface area contributed by atoms with E-state index in [-0.39, 0.29) is 18.3 Å². The second-order valence-electron chi connectivity index (χ2n) is 9.46. The van der Waals surface area contributed by atoms with Crippen molar-refractivity contribution in [2.45, 2.75) is 109 Å². The number of nitrogens with zero attached hydrogens (tertiary/aromatic N) is 1. The van der Waals surface area contributed by atoms with E-state index in [4.69, 9.17) is 9.02 Å². The normalized spacial score (nSPS) is 18.4. The molecule has 1 N–H and O–H groups in total. The zero-order valence-electron chi connectivity index (χ0n) is 20.0. The van der Waals surface area contributed by atoms with Crippen LogP contribution in [0.5, 0.6) is 5.75 Å². The number of benzene rings is 1. The lowest BCUT2D eigenvalue weighted by Crippen LogP contribution is -2.46. The molecule has 8 heteroatoms. The van der Waals surface area contributed by atoms with Gasteiger partial charge in [-0.1, -0.05) is 62.6 Å². The van der Waals surface area contributed by atoms with E-state index in [2.05, 4.69) is 9.79 Å². The van der Waals surface area contributed by atoms with Crippen molar-refractivity contribution in [3.8, 4) is 5.75 Å². The van der Waals surface area contributed by atoms with Gasteiger partial charge in [-0.05, 0) is 57.6 Å². The van der Waals surface area contributed by atoms with Crippen LogP contribution in [0.25, 0.3) is 0 Å². The van der Waals surface area contributed by atoms with E-state index in [1.54, 1.807) is 24.3 Å². The summed E-state index contributed by atoms with van der Waals surface area (Å²) in [6.45, 7) is 2.20. The molecule has 0 saturated heterocycles. The second kappa shape index (κ2) is 13.3. The van der Waals surface area contributed by atoms with E-state index in [0.29, 0.717) is 31.3 Å². The van der Waals surface area contributed by atoms with Crippen LogP contribution in [0.4, 0.5) is 0 Å². The molecule has 0 aromatic heterocycles. The molecule has 0 amide bonds. The summed E-state index contributed by atoms with van der Waals surface area (Å²) in [7, 11) is -3.84. The summed E-state index contributed by atoms with van der Waals surface area (Å²) in [5, 5.41) is 2.07. The number of hydrogen-bond acceptors (Lipinski definition) is 6. The first-order chi connectivity index (χ1) is 15.9. The number of carbonyl (C=O) groups excluding carboxylic acids is 1. The van der Waals surface area contributed by atoms with Gasteiger partial charge in [0.25, 0.3) is 0 Å². The fraction of sp³-hybridized carbons (Fsp3) is 0.720. The lowest BCUT2D eigenvalue weighted by Gasteiger charge is -2.39. The standard InChI is InChI=1S/C25H40N2O5S/c1-21-16-18-24(19-17-21)32-33(29,30)26-20-10-4-9-15-25(28)31-27(22-11-5-2-6-12-22)23-13-7-3-8-14-23/h16-19,22-23,26H,2-15,20H2,1H3. The van der Waals surface area contributed by atoms with Gasteiger partial charge in [-0.3, -0.25) is 4.79 Å². The molecule has 1 aromatic carbocycles. The summed E-state index contributed by atoms with van der Waals surface area (Å²) in [6, 6.07) is 7.59. The molecule has 186 valence electrons. The van der Waals surface area contributed by atoms with Crippen molar-refractivity contribution < 1.29 is 22.2 Å². The van der Waals surface area contributed by atoms with E-state index >= 15 is 0 Å². The van der Waals surface area contributed by atoms with Gasteiger partial charge in [0.05, 0.1) is 0 Å². The summed E-state index contributed by atoms with van der Waals surface area (Å²) in [4.78, 5) is 18.5. The number of unbranched alkanes of at least 4 members (excludes halogenated alkanes) is 2. The minimum atomic E-state index is -3.84. The quantitative estimate of drug-likeness (QED) is 0.327. The Morgan fingerprint density at radius 1 is 0.909 bits per heavy atom. The molecule has 1 aromatic rings. The number of nitrogens with one attached hydrogen (secondary N) is 1. The van der Waals surface area contributed by atoms with Crippen LogP contribution in [0, 0.1) is 6.92 Å². The number of rotatable bonds is 12. The van der Waals surface area contributed by atoms with Crippen LogP contribution in [0.2, 0.25) is 0 Å². The Kier molecular flexibility index (Phi) is 10.5. The maximum Gasteiger partial charge on any atom is 0.382 e. The lowest BCUT2D eigenvalue weighted by molar-refractivity contribution is -0.223. The van der Waals surface area contributed by atoms with Crippen molar-refractivity contribution in [3.05, 3.63) is 29.8 Å². The predicted molar refractivity (Wildman–Crippen MR) is 129 cm³/mol. The van der Waals surface area contributed by atoms with Crippen molar-refractivity contribution in [1.29, 1.82) is 0 Å². The first-order valence-corrected chi connectivity index (χ1v) is 14.1. The van der Waals surface area contributed by atoms with E-state index in [1.807, 2.05) is 6.92 Å². The molecular formula is C25H40N2O5S. The summed E-state index contributed by atoms with van der Waals surface area (Å²) >= 11 is 0. The van der Waals surface area contributed by atoms with Crippen LogP contribution in [0.15, 0.2) is 24.3 Å². The Balaban J connectivity index is 1.34. The Labute approximate surface area is 199 Å². The minimum Gasteiger partial charge on any atom is -0.371 e. The molecule has 0 radical (unpaired) electrons. The van der Waals surface area contributed by atoms with E-state index in [9.17, 15) is 13.2 Å². The van der Waals surface area contributed by atoms with Gasteiger partial charge in [-0.2, -0.15) is 13.1 Å². The Morgan fingerprint density at radius 3 is 2.06 bits per heavy atom. The first kappa shape index (κ1) is 26.0. The molecule has 3 rings (SSSR count). The van der Waals surface area contributed by atoms with Gasteiger partial charge in [0.2, 0.25) is 0 Å². The summed E-state index contributed by atoms with van der Waals surface area (Å²) in [6.07, 6.45) is 14.3. The molecule has 2 aliphatic rings. The van der Waals surface area contributed by atoms with Gasteiger partial charge < -0.3 is 9.02 Å². The van der Waals surface area contributed by atoms with Crippen LogP contribution in [-0.2, 0) is 19.9 Å². The van der Waals surface area contributed by atoms with Crippen molar-refractivity contribution in [1.82, 2.24) is 9.79 Å². The third-order valence-corrected chi connectivity index (χ3v) is 7.61. The topological polar surface area (TPSA) is 84.9 Å². The van der Waals surface area contributed by atoms with Crippen molar-refractivity contribution in [2.24, 2.45) is 0 Å². The third-order valence-electron chi connectivity index (χ3n) is 6.64. The molecule has 7 nitrogen and oxygen atoms in total. The molecule has 0 atom stereocenters.